The van der Waals surface area contributed by atoms with Gasteiger partial charge in [0.2, 0.25) is 10.0 Å². The Balaban J connectivity index is 1.46. The van der Waals surface area contributed by atoms with E-state index in [0.29, 0.717) is 31.3 Å². The Morgan fingerprint density at radius 1 is 1.00 bits per heavy atom. The first kappa shape index (κ1) is 21.7. The highest BCUT2D eigenvalue weighted by Gasteiger charge is 2.30. The molecule has 1 fully saturated rings. The molecule has 0 atom stereocenters. The van der Waals surface area contributed by atoms with Crippen LogP contribution in [0, 0.1) is 0 Å². The van der Waals surface area contributed by atoms with Crippen LogP contribution in [0.15, 0.2) is 53.4 Å². The highest BCUT2D eigenvalue weighted by atomic mass is 35.5. The minimum atomic E-state index is -3.69. The predicted octanol–water partition coefficient (Wildman–Crippen LogP) is 3.09. The molecule has 1 N–H and O–H groups in total. The Labute approximate surface area is 180 Å². The smallest absolute Gasteiger partial charge is 0.317 e. The third-order valence-corrected chi connectivity index (χ3v) is 7.08. The quantitative estimate of drug-likeness (QED) is 0.675. The maximum atomic E-state index is 12.8. The molecule has 0 radical (unpaired) electrons. The topological polar surface area (TPSA) is 79.0 Å². The second-order valence-corrected chi connectivity index (χ2v) is 9.11. The number of nitrogens with one attached hydrogen (secondary N) is 1. The second-order valence-electron chi connectivity index (χ2n) is 6.36. The van der Waals surface area contributed by atoms with Gasteiger partial charge in [0.15, 0.2) is 0 Å². The fraction of sp³-hybridized carbons (Fsp3) is 0.316. The molecule has 0 saturated carbocycles. The minimum absolute atomic E-state index is 0.0860. The molecule has 1 heterocycles. The van der Waals surface area contributed by atoms with Crippen molar-refractivity contribution in [2.45, 2.75) is 4.90 Å². The summed E-state index contributed by atoms with van der Waals surface area (Å²) in [6.45, 7) is 1.71. The van der Waals surface area contributed by atoms with Gasteiger partial charge in [0.1, 0.15) is 12.4 Å². The van der Waals surface area contributed by atoms with Gasteiger partial charge in [0, 0.05) is 26.2 Å². The summed E-state index contributed by atoms with van der Waals surface area (Å²) >= 11 is 11.8. The Morgan fingerprint density at radius 2 is 1.69 bits per heavy atom. The Hall–Kier alpha value is -2.00. The van der Waals surface area contributed by atoms with E-state index in [-0.39, 0.29) is 29.0 Å². The minimum Gasteiger partial charge on any atom is -0.492 e. The van der Waals surface area contributed by atoms with Gasteiger partial charge in [-0.15, -0.1) is 0 Å². The number of sulfonamides is 1. The number of nitrogens with zero attached hydrogens (tertiary/aromatic N) is 2. The monoisotopic (exact) mass is 457 g/mol. The van der Waals surface area contributed by atoms with Crippen LogP contribution in [0.25, 0.3) is 0 Å². The van der Waals surface area contributed by atoms with E-state index in [2.05, 4.69) is 5.32 Å². The number of para-hydroxylation sites is 1. The van der Waals surface area contributed by atoms with Crippen LogP contribution < -0.4 is 10.1 Å². The van der Waals surface area contributed by atoms with E-state index in [1.807, 2.05) is 30.3 Å². The van der Waals surface area contributed by atoms with Gasteiger partial charge in [0.05, 0.1) is 21.5 Å². The van der Waals surface area contributed by atoms with Crippen molar-refractivity contribution in [3.63, 3.8) is 0 Å². The molecular formula is C19H21Cl2N3O4S. The van der Waals surface area contributed by atoms with Crippen molar-refractivity contribution < 1.29 is 17.9 Å². The average molecular weight is 458 g/mol. The average Bonchev–Trinajstić information content (AvgIpc) is 2.74. The zero-order valence-electron chi connectivity index (χ0n) is 15.6. The molecule has 156 valence electrons. The van der Waals surface area contributed by atoms with Gasteiger partial charge in [0.25, 0.3) is 0 Å². The first-order chi connectivity index (χ1) is 13.9. The summed E-state index contributed by atoms with van der Waals surface area (Å²) in [4.78, 5) is 13.9. The molecule has 0 aliphatic carbocycles. The summed E-state index contributed by atoms with van der Waals surface area (Å²) in [6, 6.07) is 13.3. The van der Waals surface area contributed by atoms with E-state index in [1.54, 1.807) is 4.90 Å². The fourth-order valence-corrected chi connectivity index (χ4v) is 4.69. The number of carbonyl (C=O) groups is 1. The number of hydrogen-bond acceptors (Lipinski definition) is 4. The summed E-state index contributed by atoms with van der Waals surface area (Å²) in [5, 5.41) is 3.26. The lowest BCUT2D eigenvalue weighted by atomic mass is 10.3. The Bertz CT molecular complexity index is 949. The van der Waals surface area contributed by atoms with Crippen LogP contribution in [0.5, 0.6) is 5.75 Å². The molecule has 0 unspecified atom stereocenters. The molecule has 2 aromatic carbocycles. The van der Waals surface area contributed by atoms with E-state index in [4.69, 9.17) is 27.9 Å². The zero-order valence-corrected chi connectivity index (χ0v) is 17.9. The van der Waals surface area contributed by atoms with Gasteiger partial charge >= 0.3 is 6.03 Å². The largest absolute Gasteiger partial charge is 0.492 e. The summed E-state index contributed by atoms with van der Waals surface area (Å²) in [6.07, 6.45) is 0. The van der Waals surface area contributed by atoms with E-state index < -0.39 is 10.0 Å². The molecule has 1 aliphatic heterocycles. The number of piperazine rings is 1. The van der Waals surface area contributed by atoms with Crippen LogP contribution in [0.3, 0.4) is 0 Å². The maximum absolute atomic E-state index is 12.8. The molecule has 1 saturated heterocycles. The van der Waals surface area contributed by atoms with Gasteiger partial charge in [-0.05, 0) is 30.3 Å². The summed E-state index contributed by atoms with van der Waals surface area (Å²) in [5.74, 6) is 0.739. The molecule has 7 nitrogen and oxygen atoms in total. The standard InChI is InChI=1S/C19H21Cl2N3O4S/c20-17-7-6-16(14-18(17)21)29(26,27)24-11-9-23(10-12-24)19(25)22-8-13-28-15-4-2-1-3-5-15/h1-7,14H,8-13H2,(H,22,25). The highest BCUT2D eigenvalue weighted by molar-refractivity contribution is 7.89. The molecule has 29 heavy (non-hydrogen) atoms. The van der Waals surface area contributed by atoms with Crippen molar-refractivity contribution in [1.82, 2.24) is 14.5 Å². The molecule has 2 aromatic rings. The van der Waals surface area contributed by atoms with Gasteiger partial charge in [-0.2, -0.15) is 4.31 Å². The number of ether oxygens (including phenoxy) is 1. The Morgan fingerprint density at radius 3 is 2.34 bits per heavy atom. The van der Waals surface area contributed by atoms with E-state index in [9.17, 15) is 13.2 Å². The lowest BCUT2D eigenvalue weighted by Crippen LogP contribution is -2.53. The first-order valence-electron chi connectivity index (χ1n) is 9.04. The number of rotatable bonds is 6. The molecule has 0 aromatic heterocycles. The number of benzene rings is 2. The number of hydrogen-bond donors (Lipinski definition) is 1. The second kappa shape index (κ2) is 9.67. The van der Waals surface area contributed by atoms with Crippen molar-refractivity contribution in [2.75, 3.05) is 39.3 Å². The molecule has 2 amide bonds. The molecular weight excluding hydrogens is 437 g/mol. The van der Waals surface area contributed by atoms with Crippen molar-refractivity contribution in [1.29, 1.82) is 0 Å². The first-order valence-corrected chi connectivity index (χ1v) is 11.2. The fourth-order valence-electron chi connectivity index (χ4n) is 2.87. The van der Waals surface area contributed by atoms with Crippen LogP contribution in [-0.4, -0.2) is 63.0 Å². The van der Waals surface area contributed by atoms with Crippen LogP contribution in [0.1, 0.15) is 0 Å². The SMILES string of the molecule is O=C(NCCOc1ccccc1)N1CCN(S(=O)(=O)c2ccc(Cl)c(Cl)c2)CC1. The number of carbonyl (C=O) groups excluding carboxylic acids is 1. The van der Waals surface area contributed by atoms with Crippen LogP contribution in [0.4, 0.5) is 4.79 Å². The number of halogens is 2. The number of amides is 2. The van der Waals surface area contributed by atoms with Crippen molar-refractivity contribution in [3.8, 4) is 5.75 Å². The van der Waals surface area contributed by atoms with Gasteiger partial charge in [-0.25, -0.2) is 13.2 Å². The van der Waals surface area contributed by atoms with Gasteiger partial charge in [-0.1, -0.05) is 41.4 Å². The molecule has 0 bridgehead atoms. The third-order valence-electron chi connectivity index (χ3n) is 4.44. The molecule has 1 aliphatic rings. The number of urea groups is 1. The highest BCUT2D eigenvalue weighted by Crippen LogP contribution is 2.27. The summed E-state index contributed by atoms with van der Waals surface area (Å²) in [5.41, 5.74) is 0. The summed E-state index contributed by atoms with van der Waals surface area (Å²) in [7, 11) is -3.69. The predicted molar refractivity (Wildman–Crippen MR) is 112 cm³/mol. The lowest BCUT2D eigenvalue weighted by Gasteiger charge is -2.34. The van der Waals surface area contributed by atoms with Crippen LogP contribution >= 0.6 is 23.2 Å². The van der Waals surface area contributed by atoms with Crippen LogP contribution in [0.2, 0.25) is 10.0 Å². The maximum Gasteiger partial charge on any atom is 0.317 e. The Kier molecular flexibility index (Phi) is 7.23. The van der Waals surface area contributed by atoms with Crippen molar-refractivity contribution >= 4 is 39.3 Å². The van der Waals surface area contributed by atoms with Gasteiger partial charge in [-0.3, -0.25) is 0 Å². The van der Waals surface area contributed by atoms with Crippen molar-refractivity contribution in [2.24, 2.45) is 0 Å². The molecule has 10 heteroatoms. The zero-order chi connectivity index (χ0) is 20.9. The van der Waals surface area contributed by atoms with E-state index >= 15 is 0 Å². The van der Waals surface area contributed by atoms with E-state index in [0.717, 1.165) is 5.75 Å². The molecule has 3 rings (SSSR count). The third kappa shape index (κ3) is 5.54. The van der Waals surface area contributed by atoms with Gasteiger partial charge < -0.3 is 15.0 Å². The van der Waals surface area contributed by atoms with Crippen LogP contribution in [-0.2, 0) is 10.0 Å². The van der Waals surface area contributed by atoms with Crippen molar-refractivity contribution in [3.05, 3.63) is 58.6 Å². The van der Waals surface area contributed by atoms with E-state index in [1.165, 1.54) is 22.5 Å². The molecule has 0 spiro atoms. The summed E-state index contributed by atoms with van der Waals surface area (Å²) < 4.78 is 32.4. The lowest BCUT2D eigenvalue weighted by molar-refractivity contribution is 0.170. The normalized spacial score (nSPS) is 15.2.